The smallest absolute Gasteiger partial charge is 0.412 e. The van der Waals surface area contributed by atoms with Crippen molar-refractivity contribution < 1.29 is 14.6 Å². The zero-order valence-corrected chi connectivity index (χ0v) is 10.7. The van der Waals surface area contributed by atoms with Crippen molar-refractivity contribution >= 4 is 11.8 Å². The molecule has 1 rings (SSSR count). The van der Waals surface area contributed by atoms with Crippen LogP contribution in [0.25, 0.3) is 0 Å². The maximum atomic E-state index is 11.6. The molecule has 0 aromatic heterocycles. The monoisotopic (exact) mass is 237 g/mol. The number of hydrogen-bond acceptors (Lipinski definition) is 3. The summed E-state index contributed by atoms with van der Waals surface area (Å²) < 4.78 is 5.14. The number of aliphatic hydroxyl groups excluding tert-OH is 1. The molecule has 0 saturated heterocycles. The molecule has 17 heavy (non-hydrogen) atoms. The van der Waals surface area contributed by atoms with Gasteiger partial charge in [0, 0.05) is 11.3 Å². The van der Waals surface area contributed by atoms with Crippen LogP contribution in [-0.2, 0) is 4.74 Å². The van der Waals surface area contributed by atoms with Gasteiger partial charge in [-0.15, -0.1) is 0 Å². The van der Waals surface area contributed by atoms with Gasteiger partial charge in [0.1, 0.15) is 5.60 Å². The first kappa shape index (κ1) is 13.5. The molecular weight excluding hydrogens is 218 g/mol. The largest absolute Gasteiger partial charge is 0.444 e. The first-order valence-corrected chi connectivity index (χ1v) is 5.56. The van der Waals surface area contributed by atoms with Crippen LogP contribution in [0.5, 0.6) is 0 Å². The highest BCUT2D eigenvalue weighted by Gasteiger charge is 2.17. The van der Waals surface area contributed by atoms with Crippen molar-refractivity contribution in [2.75, 3.05) is 5.32 Å². The number of ether oxygens (including phenoxy) is 1. The minimum atomic E-state index is -0.638. The lowest BCUT2D eigenvalue weighted by Gasteiger charge is -2.20. The van der Waals surface area contributed by atoms with Crippen molar-refractivity contribution in [1.82, 2.24) is 0 Å². The Morgan fingerprint density at radius 3 is 2.47 bits per heavy atom. The van der Waals surface area contributed by atoms with Crippen molar-refractivity contribution in [3.63, 3.8) is 0 Å². The van der Waals surface area contributed by atoms with Crippen LogP contribution in [0, 0.1) is 0 Å². The van der Waals surface area contributed by atoms with Gasteiger partial charge in [0.05, 0.1) is 6.10 Å². The molecule has 0 aliphatic heterocycles. The first-order valence-electron chi connectivity index (χ1n) is 5.56. The number of rotatable bonds is 2. The topological polar surface area (TPSA) is 58.6 Å². The fourth-order valence-electron chi connectivity index (χ4n) is 1.39. The summed E-state index contributed by atoms with van der Waals surface area (Å²) in [5.74, 6) is 0. The fourth-order valence-corrected chi connectivity index (χ4v) is 1.39. The maximum Gasteiger partial charge on any atom is 0.412 e. The summed E-state index contributed by atoms with van der Waals surface area (Å²) in [6, 6.07) is 7.09. The summed E-state index contributed by atoms with van der Waals surface area (Å²) in [5.41, 5.74) is 0.694. The molecule has 1 amide bonds. The Hall–Kier alpha value is -1.55. The van der Waals surface area contributed by atoms with E-state index in [0.29, 0.717) is 11.3 Å². The molecule has 1 unspecified atom stereocenters. The summed E-state index contributed by atoms with van der Waals surface area (Å²) in [5, 5.41) is 12.2. The summed E-state index contributed by atoms with van der Waals surface area (Å²) in [4.78, 5) is 11.6. The molecule has 0 saturated carbocycles. The van der Waals surface area contributed by atoms with E-state index >= 15 is 0 Å². The van der Waals surface area contributed by atoms with Gasteiger partial charge in [0.25, 0.3) is 0 Å². The van der Waals surface area contributed by atoms with Gasteiger partial charge in [-0.1, -0.05) is 18.2 Å². The Kier molecular flexibility index (Phi) is 4.12. The second kappa shape index (κ2) is 5.19. The van der Waals surface area contributed by atoms with E-state index in [1.54, 1.807) is 45.9 Å². The minimum Gasteiger partial charge on any atom is -0.444 e. The molecule has 94 valence electrons. The highest BCUT2D eigenvalue weighted by Crippen LogP contribution is 2.22. The van der Waals surface area contributed by atoms with Crippen molar-refractivity contribution in [2.24, 2.45) is 0 Å². The molecule has 4 nitrogen and oxygen atoms in total. The van der Waals surface area contributed by atoms with Gasteiger partial charge in [-0.25, -0.2) is 4.79 Å². The number of amides is 1. The van der Waals surface area contributed by atoms with Crippen molar-refractivity contribution in [3.05, 3.63) is 29.8 Å². The third-order valence-corrected chi connectivity index (χ3v) is 2.05. The SMILES string of the molecule is CC(O)c1ccccc1NC(=O)OC(C)(C)C. The van der Waals surface area contributed by atoms with E-state index in [-0.39, 0.29) is 0 Å². The van der Waals surface area contributed by atoms with E-state index < -0.39 is 17.8 Å². The highest BCUT2D eigenvalue weighted by atomic mass is 16.6. The highest BCUT2D eigenvalue weighted by molar-refractivity contribution is 5.86. The molecule has 0 bridgehead atoms. The standard InChI is InChI=1S/C13H19NO3/c1-9(15)10-7-5-6-8-11(10)14-12(16)17-13(2,3)4/h5-9,15H,1-4H3,(H,14,16). The Balaban J connectivity index is 2.78. The molecule has 1 atom stereocenters. The van der Waals surface area contributed by atoms with Crippen LogP contribution in [-0.4, -0.2) is 16.8 Å². The van der Waals surface area contributed by atoms with Crippen LogP contribution >= 0.6 is 0 Å². The molecule has 0 heterocycles. The third-order valence-electron chi connectivity index (χ3n) is 2.05. The Bertz CT molecular complexity index is 394. The Labute approximate surface area is 102 Å². The zero-order valence-electron chi connectivity index (χ0n) is 10.7. The van der Waals surface area contributed by atoms with Gasteiger partial charge in [-0.05, 0) is 33.8 Å². The predicted octanol–water partition coefficient (Wildman–Crippen LogP) is 3.09. The third kappa shape index (κ3) is 4.44. The van der Waals surface area contributed by atoms with Gasteiger partial charge in [-0.2, -0.15) is 0 Å². The number of carbonyl (C=O) groups is 1. The van der Waals surface area contributed by atoms with E-state index in [2.05, 4.69) is 5.32 Å². The molecule has 4 heteroatoms. The molecule has 0 fully saturated rings. The number of carbonyl (C=O) groups excluding carboxylic acids is 1. The summed E-state index contributed by atoms with van der Waals surface area (Å²) in [6.07, 6.45) is -1.16. The van der Waals surface area contributed by atoms with E-state index in [1.165, 1.54) is 0 Å². The lowest BCUT2D eigenvalue weighted by atomic mass is 10.1. The minimum absolute atomic E-state index is 0.523. The quantitative estimate of drug-likeness (QED) is 0.831. The number of benzene rings is 1. The Morgan fingerprint density at radius 1 is 1.35 bits per heavy atom. The lowest BCUT2D eigenvalue weighted by molar-refractivity contribution is 0.0635. The van der Waals surface area contributed by atoms with Crippen LogP contribution < -0.4 is 5.32 Å². The van der Waals surface area contributed by atoms with Crippen LogP contribution in [0.1, 0.15) is 39.4 Å². The van der Waals surface area contributed by atoms with Crippen LogP contribution in [0.3, 0.4) is 0 Å². The number of hydrogen-bond donors (Lipinski definition) is 2. The van der Waals surface area contributed by atoms with Crippen molar-refractivity contribution in [2.45, 2.75) is 39.4 Å². The normalized spacial score (nSPS) is 13.0. The van der Waals surface area contributed by atoms with Gasteiger partial charge in [0.15, 0.2) is 0 Å². The second-order valence-electron chi connectivity index (χ2n) is 4.89. The number of para-hydroxylation sites is 1. The van der Waals surface area contributed by atoms with Crippen molar-refractivity contribution in [3.8, 4) is 0 Å². The number of nitrogens with one attached hydrogen (secondary N) is 1. The summed E-state index contributed by atoms with van der Waals surface area (Å²) in [6.45, 7) is 7.04. The van der Waals surface area contributed by atoms with E-state index in [4.69, 9.17) is 4.74 Å². The number of anilines is 1. The average Bonchev–Trinajstić information content (AvgIpc) is 2.14. The summed E-state index contributed by atoms with van der Waals surface area (Å²) >= 11 is 0. The van der Waals surface area contributed by atoms with Gasteiger partial charge in [0.2, 0.25) is 0 Å². The average molecular weight is 237 g/mol. The lowest BCUT2D eigenvalue weighted by Crippen LogP contribution is -2.27. The molecule has 0 spiro atoms. The predicted molar refractivity (Wildman–Crippen MR) is 66.9 cm³/mol. The van der Waals surface area contributed by atoms with Crippen LogP contribution in [0.15, 0.2) is 24.3 Å². The van der Waals surface area contributed by atoms with Gasteiger partial charge in [-0.3, -0.25) is 5.32 Å². The molecule has 1 aromatic rings. The van der Waals surface area contributed by atoms with E-state index in [9.17, 15) is 9.90 Å². The molecular formula is C13H19NO3. The molecule has 0 aliphatic rings. The zero-order chi connectivity index (χ0) is 13.1. The molecule has 0 aliphatic carbocycles. The second-order valence-corrected chi connectivity index (χ2v) is 4.89. The number of aliphatic hydroxyl groups is 1. The molecule has 1 aromatic carbocycles. The maximum absolute atomic E-state index is 11.6. The van der Waals surface area contributed by atoms with Crippen molar-refractivity contribution in [1.29, 1.82) is 0 Å². The van der Waals surface area contributed by atoms with Crippen LogP contribution in [0.4, 0.5) is 10.5 Å². The van der Waals surface area contributed by atoms with Crippen LogP contribution in [0.2, 0.25) is 0 Å². The van der Waals surface area contributed by atoms with E-state index in [0.717, 1.165) is 0 Å². The fraction of sp³-hybridized carbons (Fsp3) is 0.462. The molecule has 2 N–H and O–H groups in total. The Morgan fingerprint density at radius 2 is 1.94 bits per heavy atom. The van der Waals surface area contributed by atoms with Gasteiger partial charge >= 0.3 is 6.09 Å². The molecule has 0 radical (unpaired) electrons. The van der Waals surface area contributed by atoms with E-state index in [1.807, 2.05) is 6.07 Å². The first-order chi connectivity index (χ1) is 7.79. The summed E-state index contributed by atoms with van der Waals surface area (Å²) in [7, 11) is 0. The van der Waals surface area contributed by atoms with Gasteiger partial charge < -0.3 is 9.84 Å².